The van der Waals surface area contributed by atoms with Gasteiger partial charge in [0.1, 0.15) is 11.6 Å². The van der Waals surface area contributed by atoms with Gasteiger partial charge in [-0.2, -0.15) is 5.10 Å². The number of aromatic amines is 1. The van der Waals surface area contributed by atoms with Crippen LogP contribution in [0.3, 0.4) is 0 Å². The van der Waals surface area contributed by atoms with Crippen LogP contribution in [0.5, 0.6) is 5.75 Å². The number of amides is 3. The largest absolute Gasteiger partial charge is 0.478 e. The lowest BCUT2D eigenvalue weighted by atomic mass is 9.95. The molecule has 2 N–H and O–H groups in total. The van der Waals surface area contributed by atoms with E-state index in [9.17, 15) is 23.9 Å². The molecular formula is C34H41FN6O5. The van der Waals surface area contributed by atoms with Crippen molar-refractivity contribution in [3.05, 3.63) is 66.2 Å². The van der Waals surface area contributed by atoms with E-state index < -0.39 is 17.5 Å². The van der Waals surface area contributed by atoms with E-state index in [4.69, 9.17) is 4.74 Å². The Hall–Kier alpha value is -4.61. The van der Waals surface area contributed by atoms with Crippen LogP contribution < -0.4 is 9.64 Å². The second-order valence-corrected chi connectivity index (χ2v) is 13.0. The van der Waals surface area contributed by atoms with Crippen LogP contribution >= 0.6 is 0 Å². The van der Waals surface area contributed by atoms with Crippen molar-refractivity contribution in [2.75, 3.05) is 44.2 Å². The molecule has 0 radical (unpaired) electrons. The van der Waals surface area contributed by atoms with E-state index in [0.717, 1.165) is 42.4 Å². The third-order valence-corrected chi connectivity index (χ3v) is 9.13. The maximum Gasteiger partial charge on any atom is 0.407 e. The molecule has 1 saturated carbocycles. The van der Waals surface area contributed by atoms with Crippen molar-refractivity contribution in [1.82, 2.24) is 24.9 Å². The van der Waals surface area contributed by atoms with Crippen molar-refractivity contribution < 1.29 is 28.6 Å². The van der Waals surface area contributed by atoms with E-state index in [0.29, 0.717) is 25.3 Å². The molecule has 12 heteroatoms. The number of nitrogens with one attached hydrogen (secondary N) is 1. The van der Waals surface area contributed by atoms with E-state index in [1.807, 2.05) is 16.0 Å². The lowest BCUT2D eigenvalue weighted by Gasteiger charge is -2.38. The fourth-order valence-electron chi connectivity index (χ4n) is 6.44. The number of carbonyl (C=O) groups excluding carboxylic acids is 2. The molecule has 3 fully saturated rings. The summed E-state index contributed by atoms with van der Waals surface area (Å²) in [6, 6.07) is 12.9. The quantitative estimate of drug-likeness (QED) is 0.354. The van der Waals surface area contributed by atoms with Crippen LogP contribution in [-0.4, -0.2) is 98.8 Å². The Morgan fingerprint density at radius 3 is 2.37 bits per heavy atom. The number of carbonyl (C=O) groups is 3. The molecule has 1 atom stereocenters. The van der Waals surface area contributed by atoms with E-state index in [1.54, 1.807) is 31.0 Å². The minimum absolute atomic E-state index is 0.133. The number of ether oxygens (including phenoxy) is 1. The Balaban J connectivity index is 1.11. The third kappa shape index (κ3) is 7.11. The van der Waals surface area contributed by atoms with Gasteiger partial charge in [0.25, 0.3) is 5.91 Å². The van der Waals surface area contributed by atoms with Crippen molar-refractivity contribution in [3.63, 3.8) is 0 Å². The first-order valence-corrected chi connectivity index (χ1v) is 16.0. The first-order valence-electron chi connectivity index (χ1n) is 16.0. The van der Waals surface area contributed by atoms with Gasteiger partial charge in [-0.05, 0) is 56.7 Å². The number of hydrogen-bond donors (Lipinski definition) is 2. The van der Waals surface area contributed by atoms with Gasteiger partial charge in [0.2, 0.25) is 5.91 Å². The number of benzene rings is 2. The fourth-order valence-corrected chi connectivity index (χ4v) is 6.44. The van der Waals surface area contributed by atoms with Crippen molar-refractivity contribution in [3.8, 4) is 16.9 Å². The van der Waals surface area contributed by atoms with Gasteiger partial charge in [0.05, 0.1) is 12.1 Å². The molecule has 3 aliphatic rings. The second-order valence-electron chi connectivity index (χ2n) is 13.0. The number of piperidine rings is 1. The standard InChI is InChI=1S/C34H41FN6O5/c1-34(2,32(43)38-12-14-39(15-13-38)33(44)45)46-30-17-27(35)16-29(18-30)40-11-3-4-25(22-40)31(42)41(28-9-10-28)21-23-5-7-24(8-6-23)26-19-36-37-20-26/h5-8,16-20,25,28H,3-4,9-15,21-22H2,1-2H3,(H,36,37)(H,44,45)/t25-/m1/s1. The molecule has 1 aliphatic carbocycles. The first-order chi connectivity index (χ1) is 22.1. The summed E-state index contributed by atoms with van der Waals surface area (Å²) < 4.78 is 21.0. The number of rotatable bonds is 9. The number of piperazine rings is 1. The lowest BCUT2D eigenvalue weighted by Crippen LogP contribution is -2.56. The van der Waals surface area contributed by atoms with Gasteiger partial charge in [-0.25, -0.2) is 9.18 Å². The average Bonchev–Trinajstić information content (AvgIpc) is 3.75. The molecule has 2 aromatic carbocycles. The molecule has 0 spiro atoms. The summed E-state index contributed by atoms with van der Waals surface area (Å²) in [7, 11) is 0. The van der Waals surface area contributed by atoms with Crippen LogP contribution in [0, 0.1) is 11.7 Å². The maximum absolute atomic E-state index is 14.9. The minimum atomic E-state index is -1.29. The molecule has 0 bridgehead atoms. The molecule has 3 aromatic rings. The van der Waals surface area contributed by atoms with Crippen molar-refractivity contribution in [2.45, 2.75) is 57.7 Å². The van der Waals surface area contributed by atoms with Gasteiger partial charge in [-0.3, -0.25) is 14.7 Å². The molecule has 46 heavy (non-hydrogen) atoms. The molecule has 1 aromatic heterocycles. The Kier molecular flexibility index (Phi) is 8.88. The monoisotopic (exact) mass is 632 g/mol. The Labute approximate surface area is 267 Å². The van der Waals surface area contributed by atoms with Crippen LogP contribution in [0.1, 0.15) is 45.1 Å². The van der Waals surface area contributed by atoms with E-state index >= 15 is 0 Å². The molecule has 244 valence electrons. The van der Waals surface area contributed by atoms with Crippen molar-refractivity contribution in [1.29, 1.82) is 0 Å². The highest BCUT2D eigenvalue weighted by molar-refractivity contribution is 5.85. The van der Waals surface area contributed by atoms with E-state index in [-0.39, 0.29) is 55.7 Å². The molecule has 6 rings (SSSR count). The van der Waals surface area contributed by atoms with Crippen molar-refractivity contribution in [2.24, 2.45) is 5.92 Å². The summed E-state index contributed by atoms with van der Waals surface area (Å²) in [5.74, 6) is -0.631. The molecule has 2 aliphatic heterocycles. The van der Waals surface area contributed by atoms with Gasteiger partial charge < -0.3 is 29.4 Å². The number of aromatic nitrogens is 2. The number of H-pyrrole nitrogens is 1. The average molecular weight is 633 g/mol. The third-order valence-electron chi connectivity index (χ3n) is 9.13. The lowest BCUT2D eigenvalue weighted by molar-refractivity contribution is -0.147. The highest BCUT2D eigenvalue weighted by Gasteiger charge is 2.39. The molecule has 11 nitrogen and oxygen atoms in total. The van der Waals surface area contributed by atoms with Crippen molar-refractivity contribution >= 4 is 23.6 Å². The van der Waals surface area contributed by atoms with Crippen LogP contribution in [0.4, 0.5) is 14.9 Å². The summed E-state index contributed by atoms with van der Waals surface area (Å²) in [5, 5.41) is 16.1. The second kappa shape index (κ2) is 13.0. The zero-order valence-electron chi connectivity index (χ0n) is 26.3. The normalized spacial score (nSPS) is 18.8. The molecule has 0 unspecified atom stereocenters. The van der Waals surface area contributed by atoms with Crippen LogP contribution in [0.25, 0.3) is 11.1 Å². The number of anilines is 1. The van der Waals surface area contributed by atoms with E-state index in [2.05, 4.69) is 34.5 Å². The number of nitrogens with zero attached hydrogens (tertiary/aromatic N) is 5. The van der Waals surface area contributed by atoms with Crippen LogP contribution in [0.15, 0.2) is 54.9 Å². The molecular weight excluding hydrogens is 591 g/mol. The highest BCUT2D eigenvalue weighted by Crippen LogP contribution is 2.34. The van der Waals surface area contributed by atoms with Gasteiger partial charge in [-0.1, -0.05) is 24.3 Å². The Morgan fingerprint density at radius 2 is 1.72 bits per heavy atom. The van der Waals surface area contributed by atoms with Gasteiger partial charge >= 0.3 is 6.09 Å². The van der Waals surface area contributed by atoms with Crippen LogP contribution in [-0.2, 0) is 16.1 Å². The summed E-state index contributed by atoms with van der Waals surface area (Å²) in [6.45, 7) is 5.97. The summed E-state index contributed by atoms with van der Waals surface area (Å²) in [6.07, 6.45) is 6.21. The fraction of sp³-hybridized carbons (Fsp3) is 0.471. The van der Waals surface area contributed by atoms with Gasteiger partial charge in [0, 0.05) is 81.4 Å². The summed E-state index contributed by atoms with van der Waals surface area (Å²) in [5.41, 5.74) is 2.47. The first kappa shape index (κ1) is 31.4. The predicted molar refractivity (Wildman–Crippen MR) is 170 cm³/mol. The van der Waals surface area contributed by atoms with Gasteiger partial charge in [0.15, 0.2) is 5.60 Å². The molecule has 2 saturated heterocycles. The summed E-state index contributed by atoms with van der Waals surface area (Å²) >= 11 is 0. The van der Waals surface area contributed by atoms with Gasteiger partial charge in [-0.15, -0.1) is 0 Å². The summed E-state index contributed by atoms with van der Waals surface area (Å²) in [4.78, 5) is 45.4. The molecule has 3 amide bonds. The minimum Gasteiger partial charge on any atom is -0.478 e. The highest BCUT2D eigenvalue weighted by atomic mass is 19.1. The smallest absolute Gasteiger partial charge is 0.407 e. The SMILES string of the molecule is CC(C)(Oc1cc(F)cc(N2CCC[C@@H](C(=O)N(Cc3ccc(-c4cn[nH]c4)cc3)C3CC3)C2)c1)C(=O)N1CCN(C(=O)O)CC1. The van der Waals surface area contributed by atoms with Crippen LogP contribution in [0.2, 0.25) is 0 Å². The topological polar surface area (TPSA) is 122 Å². The maximum atomic E-state index is 14.9. The zero-order chi connectivity index (χ0) is 32.4. The number of hydrogen-bond acceptors (Lipinski definition) is 6. The van der Waals surface area contributed by atoms with E-state index in [1.165, 1.54) is 17.0 Å². The predicted octanol–water partition coefficient (Wildman–Crippen LogP) is 4.60. The number of carboxylic acid groups (broad SMARTS) is 1. The Bertz CT molecular complexity index is 1550. The zero-order valence-corrected chi connectivity index (χ0v) is 26.3. The number of halogens is 1. The Morgan fingerprint density at radius 1 is 1.00 bits per heavy atom. The molecule has 3 heterocycles.